The summed E-state index contributed by atoms with van der Waals surface area (Å²) in [4.78, 5) is 8.58. The third-order valence-electron chi connectivity index (χ3n) is 2.49. The summed E-state index contributed by atoms with van der Waals surface area (Å²) < 4.78 is 1.24. The monoisotopic (exact) mass is 226 g/mol. The number of aromatic nitrogens is 2. The fourth-order valence-electron chi connectivity index (χ4n) is 1.75. The highest BCUT2D eigenvalue weighted by atomic mass is 32.1. The lowest BCUT2D eigenvalue weighted by Crippen LogP contribution is -1.78. The van der Waals surface area contributed by atoms with E-state index in [1.54, 1.807) is 17.5 Å². The van der Waals surface area contributed by atoms with Crippen LogP contribution in [0.15, 0.2) is 42.7 Å². The van der Waals surface area contributed by atoms with Crippen molar-refractivity contribution >= 4 is 21.6 Å². The number of hydrogen-bond donors (Lipinski definition) is 0. The van der Waals surface area contributed by atoms with Crippen LogP contribution in [0.1, 0.15) is 5.01 Å². The maximum absolute atomic E-state index is 4.45. The first-order chi connectivity index (χ1) is 7.83. The summed E-state index contributed by atoms with van der Waals surface area (Å²) in [6.45, 7) is 2.04. The van der Waals surface area contributed by atoms with Gasteiger partial charge in [-0.1, -0.05) is 12.1 Å². The van der Waals surface area contributed by atoms with E-state index in [1.165, 1.54) is 10.3 Å². The average Bonchev–Trinajstić information content (AvgIpc) is 2.69. The van der Waals surface area contributed by atoms with Crippen molar-refractivity contribution in [3.8, 4) is 11.1 Å². The zero-order chi connectivity index (χ0) is 11.0. The van der Waals surface area contributed by atoms with Crippen molar-refractivity contribution in [1.29, 1.82) is 0 Å². The molecule has 0 atom stereocenters. The van der Waals surface area contributed by atoms with Crippen LogP contribution < -0.4 is 0 Å². The molecule has 0 bridgehead atoms. The van der Waals surface area contributed by atoms with Gasteiger partial charge in [-0.05, 0) is 30.7 Å². The Balaban J connectivity index is 2.18. The molecule has 3 heteroatoms. The first kappa shape index (κ1) is 9.48. The Morgan fingerprint density at radius 3 is 2.88 bits per heavy atom. The molecule has 3 aromatic rings. The molecular formula is C13H10N2S. The molecule has 16 heavy (non-hydrogen) atoms. The fourth-order valence-corrected chi connectivity index (χ4v) is 2.62. The van der Waals surface area contributed by atoms with E-state index in [-0.39, 0.29) is 0 Å². The fraction of sp³-hybridized carbons (Fsp3) is 0.0769. The number of aryl methyl sites for hydroxylation is 1. The lowest BCUT2D eigenvalue weighted by Gasteiger charge is -1.99. The second-order valence-electron chi connectivity index (χ2n) is 3.66. The van der Waals surface area contributed by atoms with Crippen molar-refractivity contribution < 1.29 is 0 Å². The van der Waals surface area contributed by atoms with Gasteiger partial charge in [-0.2, -0.15) is 0 Å². The maximum Gasteiger partial charge on any atom is 0.0907 e. The summed E-state index contributed by atoms with van der Waals surface area (Å²) >= 11 is 1.73. The molecule has 0 saturated carbocycles. The molecule has 0 spiro atoms. The number of pyridine rings is 1. The van der Waals surface area contributed by atoms with Crippen LogP contribution in [0.5, 0.6) is 0 Å². The molecule has 0 aliphatic carbocycles. The van der Waals surface area contributed by atoms with E-state index in [2.05, 4.69) is 34.2 Å². The van der Waals surface area contributed by atoms with E-state index in [4.69, 9.17) is 0 Å². The van der Waals surface area contributed by atoms with Crippen molar-refractivity contribution in [2.75, 3.05) is 0 Å². The zero-order valence-electron chi connectivity index (χ0n) is 8.84. The second kappa shape index (κ2) is 3.68. The number of benzene rings is 1. The molecule has 78 valence electrons. The predicted octanol–water partition coefficient (Wildman–Crippen LogP) is 3.67. The smallest absolute Gasteiger partial charge is 0.0907 e. The van der Waals surface area contributed by atoms with Crippen molar-refractivity contribution in [2.45, 2.75) is 6.92 Å². The van der Waals surface area contributed by atoms with Crippen LogP contribution >= 0.6 is 11.3 Å². The van der Waals surface area contributed by atoms with Crippen LogP contribution in [0.3, 0.4) is 0 Å². The molecule has 0 radical (unpaired) electrons. The van der Waals surface area contributed by atoms with Gasteiger partial charge in [0.2, 0.25) is 0 Å². The Morgan fingerprint density at radius 1 is 1.12 bits per heavy atom. The number of fused-ring (bicyclic) bond motifs is 1. The summed E-state index contributed by atoms with van der Waals surface area (Å²) in [7, 11) is 0. The van der Waals surface area contributed by atoms with Crippen LogP contribution in [0.4, 0.5) is 0 Å². The quantitative estimate of drug-likeness (QED) is 0.632. The Bertz CT molecular complexity index is 629. The maximum atomic E-state index is 4.45. The summed E-state index contributed by atoms with van der Waals surface area (Å²) in [6.07, 6.45) is 3.67. The molecule has 0 amide bonds. The van der Waals surface area contributed by atoms with Gasteiger partial charge in [0.1, 0.15) is 0 Å². The third kappa shape index (κ3) is 1.59. The van der Waals surface area contributed by atoms with Gasteiger partial charge in [0.15, 0.2) is 0 Å². The second-order valence-corrected chi connectivity index (χ2v) is 4.89. The van der Waals surface area contributed by atoms with Crippen LogP contribution in [0, 0.1) is 6.92 Å². The van der Waals surface area contributed by atoms with Gasteiger partial charge in [0, 0.05) is 18.0 Å². The van der Waals surface area contributed by atoms with E-state index >= 15 is 0 Å². The van der Waals surface area contributed by atoms with Gasteiger partial charge in [0.25, 0.3) is 0 Å². The van der Waals surface area contributed by atoms with Crippen molar-refractivity contribution in [3.63, 3.8) is 0 Å². The van der Waals surface area contributed by atoms with Gasteiger partial charge in [-0.15, -0.1) is 11.3 Å². The lowest BCUT2D eigenvalue weighted by atomic mass is 10.1. The van der Waals surface area contributed by atoms with Crippen molar-refractivity contribution in [3.05, 3.63) is 47.7 Å². The van der Waals surface area contributed by atoms with E-state index in [0.717, 1.165) is 16.1 Å². The van der Waals surface area contributed by atoms with Crippen LogP contribution in [0.25, 0.3) is 21.3 Å². The third-order valence-corrected chi connectivity index (χ3v) is 3.42. The zero-order valence-corrected chi connectivity index (χ0v) is 9.66. The Labute approximate surface area is 97.6 Å². The van der Waals surface area contributed by atoms with Crippen molar-refractivity contribution in [2.24, 2.45) is 0 Å². The van der Waals surface area contributed by atoms with Crippen LogP contribution in [0.2, 0.25) is 0 Å². The minimum Gasteiger partial charge on any atom is -0.264 e. The van der Waals surface area contributed by atoms with Gasteiger partial charge in [-0.25, -0.2) is 4.98 Å². The first-order valence-electron chi connectivity index (χ1n) is 5.10. The summed E-state index contributed by atoms with van der Waals surface area (Å²) in [5.74, 6) is 0. The molecule has 2 heterocycles. The van der Waals surface area contributed by atoms with E-state index in [0.29, 0.717) is 0 Å². The van der Waals surface area contributed by atoms with Gasteiger partial charge < -0.3 is 0 Å². The minimum atomic E-state index is 1.08. The lowest BCUT2D eigenvalue weighted by molar-refractivity contribution is 1.33. The molecule has 2 nitrogen and oxygen atoms in total. The minimum absolute atomic E-state index is 1.08. The molecular weight excluding hydrogens is 216 g/mol. The Kier molecular flexibility index (Phi) is 2.18. The molecule has 0 N–H and O–H groups in total. The molecule has 3 rings (SSSR count). The molecule has 0 fully saturated rings. The molecule has 0 saturated heterocycles. The number of thiazole rings is 1. The van der Waals surface area contributed by atoms with E-state index in [9.17, 15) is 0 Å². The number of rotatable bonds is 1. The molecule has 2 aromatic heterocycles. The largest absolute Gasteiger partial charge is 0.264 e. The first-order valence-corrected chi connectivity index (χ1v) is 5.92. The Morgan fingerprint density at radius 2 is 2.06 bits per heavy atom. The Hall–Kier alpha value is -1.74. The highest BCUT2D eigenvalue weighted by Gasteiger charge is 2.03. The van der Waals surface area contributed by atoms with E-state index in [1.807, 2.05) is 19.2 Å². The summed E-state index contributed by atoms with van der Waals surface area (Å²) in [5, 5.41) is 1.11. The van der Waals surface area contributed by atoms with E-state index < -0.39 is 0 Å². The molecule has 1 aromatic carbocycles. The SMILES string of the molecule is Cc1nc2ccc(-c3cccnc3)cc2s1. The topological polar surface area (TPSA) is 25.8 Å². The highest BCUT2D eigenvalue weighted by Crippen LogP contribution is 2.27. The average molecular weight is 226 g/mol. The van der Waals surface area contributed by atoms with Crippen LogP contribution in [-0.2, 0) is 0 Å². The summed E-state index contributed by atoms with van der Waals surface area (Å²) in [5.41, 5.74) is 3.43. The van der Waals surface area contributed by atoms with Gasteiger partial charge in [-0.3, -0.25) is 4.98 Å². The normalized spacial score (nSPS) is 10.8. The number of nitrogens with zero attached hydrogens (tertiary/aromatic N) is 2. The highest BCUT2D eigenvalue weighted by molar-refractivity contribution is 7.18. The van der Waals surface area contributed by atoms with Gasteiger partial charge >= 0.3 is 0 Å². The van der Waals surface area contributed by atoms with Gasteiger partial charge in [0.05, 0.1) is 15.2 Å². The summed E-state index contributed by atoms with van der Waals surface area (Å²) in [6, 6.07) is 10.4. The number of hydrogen-bond acceptors (Lipinski definition) is 3. The van der Waals surface area contributed by atoms with Crippen LogP contribution in [-0.4, -0.2) is 9.97 Å². The molecule has 0 unspecified atom stereocenters. The molecule has 0 aliphatic rings. The molecule has 0 aliphatic heterocycles. The van der Waals surface area contributed by atoms with Crippen molar-refractivity contribution in [1.82, 2.24) is 9.97 Å². The standard InChI is InChI=1S/C13H10N2S/c1-9-15-12-5-4-10(7-13(12)16-9)11-3-2-6-14-8-11/h2-8H,1H3. The predicted molar refractivity (Wildman–Crippen MR) is 67.6 cm³/mol.